The maximum Gasteiger partial charge on any atom is 0.311 e. The van der Waals surface area contributed by atoms with Gasteiger partial charge < -0.3 is 15.8 Å². The van der Waals surface area contributed by atoms with Gasteiger partial charge in [0, 0.05) is 19.6 Å². The first-order chi connectivity index (χ1) is 6.54. The van der Waals surface area contributed by atoms with Crippen LogP contribution in [0.4, 0.5) is 0 Å². The van der Waals surface area contributed by atoms with Gasteiger partial charge in [0.2, 0.25) is 0 Å². The van der Waals surface area contributed by atoms with Crippen molar-refractivity contribution >= 4 is 5.97 Å². The Balaban J connectivity index is 3.54. The standard InChI is InChI=1S/C10H22N2O2/c1-4-10(2,3)9(13)14-8-7-12-6-5-11/h12H,4-8,11H2,1-3H3. The van der Waals surface area contributed by atoms with Gasteiger partial charge in [0.25, 0.3) is 0 Å². The second-order valence-electron chi connectivity index (χ2n) is 3.91. The summed E-state index contributed by atoms with van der Waals surface area (Å²) < 4.78 is 5.10. The lowest BCUT2D eigenvalue weighted by atomic mass is 9.91. The summed E-state index contributed by atoms with van der Waals surface area (Å²) in [6.07, 6.45) is 0.794. The van der Waals surface area contributed by atoms with Gasteiger partial charge in [-0.05, 0) is 20.3 Å². The highest BCUT2D eigenvalue weighted by Crippen LogP contribution is 2.20. The van der Waals surface area contributed by atoms with E-state index in [1.54, 1.807) is 0 Å². The number of ether oxygens (including phenoxy) is 1. The molecule has 0 aromatic rings. The fourth-order valence-corrected chi connectivity index (χ4v) is 0.783. The predicted octanol–water partition coefficient (Wildman–Crippen LogP) is 0.514. The Kier molecular flexibility index (Phi) is 6.49. The normalized spacial score (nSPS) is 11.4. The lowest BCUT2D eigenvalue weighted by Gasteiger charge is -2.20. The number of carbonyl (C=O) groups excluding carboxylic acids is 1. The molecule has 0 spiro atoms. The van der Waals surface area contributed by atoms with Crippen LogP contribution in [0.3, 0.4) is 0 Å². The largest absolute Gasteiger partial charge is 0.464 e. The highest BCUT2D eigenvalue weighted by molar-refractivity contribution is 5.75. The van der Waals surface area contributed by atoms with E-state index in [1.165, 1.54) is 0 Å². The number of hydrogen-bond acceptors (Lipinski definition) is 4. The van der Waals surface area contributed by atoms with Gasteiger partial charge in [-0.25, -0.2) is 0 Å². The Morgan fingerprint density at radius 2 is 2.07 bits per heavy atom. The topological polar surface area (TPSA) is 64.3 Å². The van der Waals surface area contributed by atoms with Crippen LogP contribution in [-0.4, -0.2) is 32.2 Å². The first kappa shape index (κ1) is 13.4. The predicted molar refractivity (Wildman–Crippen MR) is 57.0 cm³/mol. The Labute approximate surface area is 86.2 Å². The van der Waals surface area contributed by atoms with E-state index in [1.807, 2.05) is 20.8 Å². The van der Waals surface area contributed by atoms with Crippen molar-refractivity contribution in [3.63, 3.8) is 0 Å². The van der Waals surface area contributed by atoms with E-state index in [0.29, 0.717) is 19.7 Å². The third-order valence-corrected chi connectivity index (χ3v) is 2.27. The highest BCUT2D eigenvalue weighted by atomic mass is 16.5. The molecule has 0 amide bonds. The molecule has 0 saturated carbocycles. The maximum atomic E-state index is 11.5. The molecule has 0 aromatic carbocycles. The average Bonchev–Trinajstić information content (AvgIpc) is 2.17. The molecule has 4 heteroatoms. The molecule has 0 aliphatic carbocycles. The first-order valence-electron chi connectivity index (χ1n) is 5.12. The molecule has 0 heterocycles. The van der Waals surface area contributed by atoms with Crippen molar-refractivity contribution in [1.82, 2.24) is 5.32 Å². The molecule has 3 N–H and O–H groups in total. The summed E-state index contributed by atoms with van der Waals surface area (Å²) in [7, 11) is 0. The molecule has 84 valence electrons. The Bertz CT molecular complexity index is 170. The van der Waals surface area contributed by atoms with Crippen molar-refractivity contribution in [2.45, 2.75) is 27.2 Å². The third-order valence-electron chi connectivity index (χ3n) is 2.27. The van der Waals surface area contributed by atoms with Crippen LogP contribution in [0.1, 0.15) is 27.2 Å². The molecule has 0 saturated heterocycles. The molecule has 0 unspecified atom stereocenters. The van der Waals surface area contributed by atoms with E-state index in [4.69, 9.17) is 10.5 Å². The monoisotopic (exact) mass is 202 g/mol. The smallest absolute Gasteiger partial charge is 0.311 e. The molecule has 0 radical (unpaired) electrons. The summed E-state index contributed by atoms with van der Waals surface area (Å²) in [6.45, 7) is 8.22. The second kappa shape index (κ2) is 6.79. The van der Waals surface area contributed by atoms with E-state index in [2.05, 4.69) is 5.32 Å². The van der Waals surface area contributed by atoms with Crippen LogP contribution in [0.5, 0.6) is 0 Å². The van der Waals surface area contributed by atoms with Crippen LogP contribution >= 0.6 is 0 Å². The minimum absolute atomic E-state index is 0.130. The van der Waals surface area contributed by atoms with E-state index >= 15 is 0 Å². The van der Waals surface area contributed by atoms with Gasteiger partial charge in [-0.3, -0.25) is 4.79 Å². The molecular weight excluding hydrogens is 180 g/mol. The molecule has 0 aliphatic rings. The van der Waals surface area contributed by atoms with Crippen LogP contribution in [0.2, 0.25) is 0 Å². The highest BCUT2D eigenvalue weighted by Gasteiger charge is 2.26. The zero-order chi connectivity index (χ0) is 11.0. The molecule has 0 fully saturated rings. The van der Waals surface area contributed by atoms with Crippen LogP contribution in [0.25, 0.3) is 0 Å². The van der Waals surface area contributed by atoms with Crippen LogP contribution in [0, 0.1) is 5.41 Å². The summed E-state index contributed by atoms with van der Waals surface area (Å²) in [5.41, 5.74) is 4.92. The number of hydrogen-bond donors (Lipinski definition) is 2. The van der Waals surface area contributed by atoms with E-state index in [0.717, 1.165) is 13.0 Å². The fraction of sp³-hybridized carbons (Fsp3) is 0.900. The van der Waals surface area contributed by atoms with E-state index < -0.39 is 0 Å². The number of rotatable bonds is 7. The second-order valence-corrected chi connectivity index (χ2v) is 3.91. The Morgan fingerprint density at radius 1 is 1.43 bits per heavy atom. The lowest BCUT2D eigenvalue weighted by molar-refractivity contribution is -0.153. The average molecular weight is 202 g/mol. The van der Waals surface area contributed by atoms with Crippen molar-refractivity contribution in [3.05, 3.63) is 0 Å². The number of nitrogens with one attached hydrogen (secondary N) is 1. The van der Waals surface area contributed by atoms with Gasteiger partial charge in [0.15, 0.2) is 0 Å². The maximum absolute atomic E-state index is 11.5. The van der Waals surface area contributed by atoms with Gasteiger partial charge in [0.1, 0.15) is 6.61 Å². The zero-order valence-electron chi connectivity index (χ0n) is 9.43. The van der Waals surface area contributed by atoms with Crippen molar-refractivity contribution in [2.75, 3.05) is 26.2 Å². The van der Waals surface area contributed by atoms with E-state index in [-0.39, 0.29) is 11.4 Å². The van der Waals surface area contributed by atoms with Crippen molar-refractivity contribution < 1.29 is 9.53 Å². The Morgan fingerprint density at radius 3 is 2.57 bits per heavy atom. The molecule has 0 rings (SSSR count). The summed E-state index contributed by atoms with van der Waals surface area (Å²) in [4.78, 5) is 11.5. The van der Waals surface area contributed by atoms with Gasteiger partial charge in [-0.2, -0.15) is 0 Å². The van der Waals surface area contributed by atoms with Gasteiger partial charge >= 0.3 is 5.97 Å². The number of carbonyl (C=O) groups is 1. The minimum atomic E-state index is -0.367. The van der Waals surface area contributed by atoms with Gasteiger partial charge in [-0.1, -0.05) is 6.92 Å². The SMILES string of the molecule is CCC(C)(C)C(=O)OCCNCCN. The third kappa shape index (κ3) is 5.19. The summed E-state index contributed by atoms with van der Waals surface area (Å²) in [5.74, 6) is -0.130. The van der Waals surface area contributed by atoms with E-state index in [9.17, 15) is 4.79 Å². The van der Waals surface area contributed by atoms with Crippen LogP contribution in [0.15, 0.2) is 0 Å². The molecule has 14 heavy (non-hydrogen) atoms. The molecular formula is C10H22N2O2. The molecule has 0 atom stereocenters. The summed E-state index contributed by atoms with van der Waals surface area (Å²) in [6, 6.07) is 0. The van der Waals surface area contributed by atoms with Crippen molar-refractivity contribution in [1.29, 1.82) is 0 Å². The molecule has 0 aromatic heterocycles. The van der Waals surface area contributed by atoms with Gasteiger partial charge in [0.05, 0.1) is 5.41 Å². The first-order valence-corrected chi connectivity index (χ1v) is 5.12. The lowest BCUT2D eigenvalue weighted by Crippen LogP contribution is -2.30. The quantitative estimate of drug-likeness (QED) is 0.466. The number of esters is 1. The number of nitrogens with two attached hydrogens (primary N) is 1. The molecule has 4 nitrogen and oxygen atoms in total. The Hall–Kier alpha value is -0.610. The molecule has 0 bridgehead atoms. The fourth-order valence-electron chi connectivity index (χ4n) is 0.783. The van der Waals surface area contributed by atoms with Crippen LogP contribution < -0.4 is 11.1 Å². The van der Waals surface area contributed by atoms with Crippen molar-refractivity contribution in [2.24, 2.45) is 11.1 Å². The minimum Gasteiger partial charge on any atom is -0.464 e. The summed E-state index contributed by atoms with van der Waals surface area (Å²) in [5, 5.41) is 3.06. The zero-order valence-corrected chi connectivity index (χ0v) is 9.43. The molecule has 0 aliphatic heterocycles. The summed E-state index contributed by atoms with van der Waals surface area (Å²) >= 11 is 0. The van der Waals surface area contributed by atoms with Crippen molar-refractivity contribution in [3.8, 4) is 0 Å². The van der Waals surface area contributed by atoms with Crippen LogP contribution in [-0.2, 0) is 9.53 Å². The van der Waals surface area contributed by atoms with Gasteiger partial charge in [-0.15, -0.1) is 0 Å².